The van der Waals surface area contributed by atoms with Gasteiger partial charge in [-0.15, -0.1) is 11.3 Å². The molecule has 76 valence electrons. The summed E-state index contributed by atoms with van der Waals surface area (Å²) in [5.74, 6) is 1.13. The molecular weight excluding hydrogens is 194 g/mol. The van der Waals surface area contributed by atoms with Crippen LogP contribution < -0.4 is 0 Å². The zero-order chi connectivity index (χ0) is 10.1. The Balaban J connectivity index is 1.98. The molecule has 1 heterocycles. The summed E-state index contributed by atoms with van der Waals surface area (Å²) in [7, 11) is 0. The van der Waals surface area contributed by atoms with Gasteiger partial charge in [0.15, 0.2) is 5.78 Å². The van der Waals surface area contributed by atoms with Gasteiger partial charge in [-0.05, 0) is 26.2 Å². The molecule has 1 saturated carbocycles. The molecule has 1 aromatic rings. The van der Waals surface area contributed by atoms with E-state index in [9.17, 15) is 4.79 Å². The van der Waals surface area contributed by atoms with E-state index >= 15 is 0 Å². The fraction of sp³-hybridized carbons (Fsp3) is 0.636. The number of rotatable bonds is 4. The Morgan fingerprint density at radius 2 is 2.21 bits per heavy atom. The van der Waals surface area contributed by atoms with Gasteiger partial charge in [-0.3, -0.25) is 4.79 Å². The first-order valence-corrected chi connectivity index (χ1v) is 5.95. The van der Waals surface area contributed by atoms with E-state index in [1.807, 2.05) is 13.8 Å². The van der Waals surface area contributed by atoms with Crippen LogP contribution in [0.1, 0.15) is 46.1 Å². The maximum Gasteiger partial charge on any atom is 0.174 e. The van der Waals surface area contributed by atoms with E-state index in [0.29, 0.717) is 12.2 Å². The van der Waals surface area contributed by atoms with Crippen LogP contribution in [0.4, 0.5) is 0 Å². The summed E-state index contributed by atoms with van der Waals surface area (Å²) in [6.45, 7) is 3.88. The van der Waals surface area contributed by atoms with Gasteiger partial charge in [-0.1, -0.05) is 12.8 Å². The Morgan fingerprint density at radius 3 is 2.71 bits per heavy atom. The third kappa shape index (κ3) is 2.21. The Kier molecular flexibility index (Phi) is 2.68. The highest BCUT2D eigenvalue weighted by Crippen LogP contribution is 2.34. The fourth-order valence-electron chi connectivity index (χ4n) is 1.65. The van der Waals surface area contributed by atoms with Crippen molar-refractivity contribution in [2.24, 2.45) is 5.92 Å². The van der Waals surface area contributed by atoms with Crippen molar-refractivity contribution >= 4 is 17.1 Å². The normalized spacial score (nSPS) is 15.9. The first-order chi connectivity index (χ1) is 6.66. The first-order valence-electron chi connectivity index (χ1n) is 5.14. The molecule has 0 spiro atoms. The lowest BCUT2D eigenvalue weighted by Crippen LogP contribution is -1.98. The lowest BCUT2D eigenvalue weighted by Gasteiger charge is -1.96. The largest absolute Gasteiger partial charge is 0.293 e. The molecule has 0 saturated heterocycles. The van der Waals surface area contributed by atoms with Crippen molar-refractivity contribution in [2.45, 2.75) is 39.5 Å². The van der Waals surface area contributed by atoms with Gasteiger partial charge in [-0.2, -0.15) is 0 Å². The van der Waals surface area contributed by atoms with Crippen LogP contribution in [0.3, 0.4) is 0 Å². The van der Waals surface area contributed by atoms with E-state index in [0.717, 1.165) is 27.9 Å². The second kappa shape index (κ2) is 3.81. The van der Waals surface area contributed by atoms with Crippen LogP contribution in [-0.2, 0) is 0 Å². The minimum Gasteiger partial charge on any atom is -0.293 e. The van der Waals surface area contributed by atoms with Crippen molar-refractivity contribution in [3.8, 4) is 0 Å². The average Bonchev–Trinajstić information content (AvgIpc) is 2.88. The van der Waals surface area contributed by atoms with Crippen molar-refractivity contribution in [3.63, 3.8) is 0 Å². The van der Waals surface area contributed by atoms with E-state index in [1.165, 1.54) is 24.2 Å². The Morgan fingerprint density at radius 1 is 1.50 bits per heavy atom. The second-order valence-corrected chi connectivity index (χ2v) is 5.26. The Labute approximate surface area is 88.4 Å². The number of nitrogens with zero attached hydrogens (tertiary/aromatic N) is 1. The molecule has 1 aliphatic rings. The molecule has 0 radical (unpaired) electrons. The van der Waals surface area contributed by atoms with Crippen molar-refractivity contribution in [1.82, 2.24) is 4.98 Å². The quantitative estimate of drug-likeness (QED) is 0.713. The number of thiazole rings is 1. The molecule has 0 unspecified atom stereocenters. The highest BCUT2D eigenvalue weighted by molar-refractivity contribution is 7.13. The molecule has 0 bridgehead atoms. The van der Waals surface area contributed by atoms with E-state index in [2.05, 4.69) is 4.98 Å². The van der Waals surface area contributed by atoms with Crippen LogP contribution in [-0.4, -0.2) is 10.8 Å². The SMILES string of the molecule is Cc1nc(C)c(C(=O)CCC2CC2)s1. The molecule has 0 N–H and O–H groups in total. The van der Waals surface area contributed by atoms with Gasteiger partial charge in [0.2, 0.25) is 0 Å². The summed E-state index contributed by atoms with van der Waals surface area (Å²) in [6, 6.07) is 0. The highest BCUT2D eigenvalue weighted by Gasteiger charge is 2.23. The van der Waals surface area contributed by atoms with E-state index in [1.54, 1.807) is 0 Å². The van der Waals surface area contributed by atoms with Crippen LogP contribution in [0.15, 0.2) is 0 Å². The summed E-state index contributed by atoms with van der Waals surface area (Å²) in [6.07, 6.45) is 4.45. The third-order valence-corrected chi connectivity index (χ3v) is 3.75. The molecular formula is C11H15NOS. The first kappa shape index (κ1) is 9.84. The predicted molar refractivity (Wildman–Crippen MR) is 57.9 cm³/mol. The highest BCUT2D eigenvalue weighted by atomic mass is 32.1. The third-order valence-electron chi connectivity index (χ3n) is 2.63. The minimum absolute atomic E-state index is 0.292. The number of ketones is 1. The summed E-state index contributed by atoms with van der Waals surface area (Å²) >= 11 is 1.53. The molecule has 1 aliphatic carbocycles. The lowest BCUT2D eigenvalue weighted by molar-refractivity contribution is 0.0981. The van der Waals surface area contributed by atoms with Crippen LogP contribution in [0.2, 0.25) is 0 Å². The van der Waals surface area contributed by atoms with Crippen LogP contribution in [0, 0.1) is 19.8 Å². The number of carbonyl (C=O) groups is 1. The second-order valence-electron chi connectivity index (χ2n) is 4.05. The van der Waals surface area contributed by atoms with Crippen LogP contribution in [0.25, 0.3) is 0 Å². The average molecular weight is 209 g/mol. The smallest absolute Gasteiger partial charge is 0.174 e. The molecule has 14 heavy (non-hydrogen) atoms. The molecule has 0 amide bonds. The number of Topliss-reactive ketones (excluding diaryl/α,β-unsaturated/α-hetero) is 1. The molecule has 2 rings (SSSR count). The molecule has 0 atom stereocenters. The summed E-state index contributed by atoms with van der Waals surface area (Å²) in [4.78, 5) is 16.9. The van der Waals surface area contributed by atoms with Gasteiger partial charge in [0, 0.05) is 6.42 Å². The fourth-order valence-corrected chi connectivity index (χ4v) is 2.53. The zero-order valence-electron chi connectivity index (χ0n) is 8.67. The maximum atomic E-state index is 11.8. The molecule has 1 fully saturated rings. The van der Waals surface area contributed by atoms with Gasteiger partial charge >= 0.3 is 0 Å². The minimum atomic E-state index is 0.292. The van der Waals surface area contributed by atoms with Gasteiger partial charge in [0.25, 0.3) is 0 Å². The standard InChI is InChI=1S/C11H15NOS/c1-7-11(14-8(2)12-7)10(13)6-5-9-3-4-9/h9H,3-6H2,1-2H3. The Bertz CT molecular complexity index is 352. The van der Waals surface area contributed by atoms with Gasteiger partial charge in [-0.25, -0.2) is 4.98 Å². The summed E-state index contributed by atoms with van der Waals surface area (Å²) < 4.78 is 0. The van der Waals surface area contributed by atoms with Gasteiger partial charge in [0.1, 0.15) is 0 Å². The molecule has 2 nitrogen and oxygen atoms in total. The van der Waals surface area contributed by atoms with Gasteiger partial charge < -0.3 is 0 Å². The van der Waals surface area contributed by atoms with Crippen molar-refractivity contribution in [1.29, 1.82) is 0 Å². The number of aromatic nitrogens is 1. The van der Waals surface area contributed by atoms with E-state index in [4.69, 9.17) is 0 Å². The molecule has 0 aliphatic heterocycles. The topological polar surface area (TPSA) is 30.0 Å². The van der Waals surface area contributed by atoms with Crippen molar-refractivity contribution in [2.75, 3.05) is 0 Å². The molecule has 0 aromatic carbocycles. The number of aryl methyl sites for hydroxylation is 2. The lowest BCUT2D eigenvalue weighted by atomic mass is 10.1. The van der Waals surface area contributed by atoms with E-state index in [-0.39, 0.29) is 0 Å². The zero-order valence-corrected chi connectivity index (χ0v) is 9.49. The molecule has 3 heteroatoms. The van der Waals surface area contributed by atoms with Gasteiger partial charge in [0.05, 0.1) is 15.6 Å². The number of hydrogen-bond acceptors (Lipinski definition) is 3. The maximum absolute atomic E-state index is 11.8. The van der Waals surface area contributed by atoms with E-state index < -0.39 is 0 Å². The van der Waals surface area contributed by atoms with Crippen molar-refractivity contribution < 1.29 is 4.79 Å². The van der Waals surface area contributed by atoms with Crippen molar-refractivity contribution in [3.05, 3.63) is 15.6 Å². The van der Waals surface area contributed by atoms with Crippen LogP contribution >= 0.6 is 11.3 Å². The van der Waals surface area contributed by atoms with Crippen LogP contribution in [0.5, 0.6) is 0 Å². The summed E-state index contributed by atoms with van der Waals surface area (Å²) in [5, 5.41) is 0.997. The Hall–Kier alpha value is -0.700. The number of hydrogen-bond donors (Lipinski definition) is 0. The number of carbonyl (C=O) groups excluding carboxylic acids is 1. The summed E-state index contributed by atoms with van der Waals surface area (Å²) in [5.41, 5.74) is 0.910. The monoisotopic (exact) mass is 209 g/mol. The predicted octanol–water partition coefficient (Wildman–Crippen LogP) is 3.13. The molecule has 1 aromatic heterocycles.